The Morgan fingerprint density at radius 2 is 2.40 bits per heavy atom. The maximum atomic E-state index is 11.3. The molecule has 4 nitrogen and oxygen atoms in total. The van der Waals surface area contributed by atoms with E-state index in [1.807, 2.05) is 26.2 Å². The van der Waals surface area contributed by atoms with E-state index >= 15 is 0 Å². The minimum Gasteiger partial charge on any atom is -0.338 e. The van der Waals surface area contributed by atoms with Gasteiger partial charge in [0.1, 0.15) is 5.01 Å². The highest BCUT2D eigenvalue weighted by Gasteiger charge is 2.11. The minimum atomic E-state index is -0.128. The van der Waals surface area contributed by atoms with E-state index in [-0.39, 0.29) is 12.1 Å². The van der Waals surface area contributed by atoms with Crippen LogP contribution in [0.25, 0.3) is 0 Å². The standard InChI is InChI=1S/C10H17N3OS/c1-4-5-11-10(14)13-8(3)9-12-7(2)6-15-9/h6,8H,4-5H2,1-3H3,(H2,11,13,14). The molecule has 0 spiro atoms. The molecule has 2 N–H and O–H groups in total. The highest BCUT2D eigenvalue weighted by molar-refractivity contribution is 7.09. The molecule has 15 heavy (non-hydrogen) atoms. The van der Waals surface area contributed by atoms with Crippen LogP contribution in [0.2, 0.25) is 0 Å². The number of aromatic nitrogens is 1. The van der Waals surface area contributed by atoms with Crippen molar-refractivity contribution in [3.05, 3.63) is 16.1 Å². The third-order valence-corrected chi connectivity index (χ3v) is 3.04. The summed E-state index contributed by atoms with van der Waals surface area (Å²) in [7, 11) is 0. The van der Waals surface area contributed by atoms with E-state index in [0.29, 0.717) is 6.54 Å². The maximum absolute atomic E-state index is 11.3. The van der Waals surface area contributed by atoms with Crippen LogP contribution in [0.4, 0.5) is 4.79 Å². The van der Waals surface area contributed by atoms with Crippen LogP contribution >= 0.6 is 11.3 Å². The number of rotatable bonds is 4. The average molecular weight is 227 g/mol. The van der Waals surface area contributed by atoms with Gasteiger partial charge in [-0.3, -0.25) is 0 Å². The van der Waals surface area contributed by atoms with Gasteiger partial charge in [0, 0.05) is 17.6 Å². The number of nitrogens with one attached hydrogen (secondary N) is 2. The van der Waals surface area contributed by atoms with Gasteiger partial charge in [-0.2, -0.15) is 0 Å². The summed E-state index contributed by atoms with van der Waals surface area (Å²) >= 11 is 1.57. The van der Waals surface area contributed by atoms with Crippen LogP contribution in [0.1, 0.15) is 37.0 Å². The molecule has 0 aromatic carbocycles. The second-order valence-corrected chi connectivity index (χ2v) is 4.34. The van der Waals surface area contributed by atoms with Gasteiger partial charge in [-0.25, -0.2) is 9.78 Å². The number of thiazole rings is 1. The molecular weight excluding hydrogens is 210 g/mol. The summed E-state index contributed by atoms with van der Waals surface area (Å²) in [5.41, 5.74) is 0.998. The van der Waals surface area contributed by atoms with Crippen LogP contribution < -0.4 is 10.6 Å². The molecule has 2 amide bonds. The fourth-order valence-corrected chi connectivity index (χ4v) is 1.92. The summed E-state index contributed by atoms with van der Waals surface area (Å²) in [4.78, 5) is 15.7. The zero-order chi connectivity index (χ0) is 11.3. The predicted molar refractivity (Wildman–Crippen MR) is 62.1 cm³/mol. The van der Waals surface area contributed by atoms with Gasteiger partial charge in [0.05, 0.1) is 6.04 Å². The smallest absolute Gasteiger partial charge is 0.315 e. The summed E-state index contributed by atoms with van der Waals surface area (Å²) in [5.74, 6) is 0. The first-order valence-electron chi connectivity index (χ1n) is 5.10. The molecule has 1 heterocycles. The number of hydrogen-bond acceptors (Lipinski definition) is 3. The third kappa shape index (κ3) is 3.87. The normalized spacial score (nSPS) is 12.2. The van der Waals surface area contributed by atoms with Crippen molar-refractivity contribution in [1.82, 2.24) is 15.6 Å². The van der Waals surface area contributed by atoms with Gasteiger partial charge in [0.15, 0.2) is 0 Å². The van der Waals surface area contributed by atoms with Crippen LogP contribution in [-0.2, 0) is 0 Å². The Morgan fingerprint density at radius 3 is 2.93 bits per heavy atom. The Labute approximate surface area is 94.1 Å². The lowest BCUT2D eigenvalue weighted by Crippen LogP contribution is -2.37. The topological polar surface area (TPSA) is 54.0 Å². The van der Waals surface area contributed by atoms with Crippen LogP contribution in [0, 0.1) is 6.92 Å². The Morgan fingerprint density at radius 1 is 1.67 bits per heavy atom. The monoisotopic (exact) mass is 227 g/mol. The maximum Gasteiger partial charge on any atom is 0.315 e. The highest BCUT2D eigenvalue weighted by Crippen LogP contribution is 2.16. The molecule has 0 saturated carbocycles. The van der Waals surface area contributed by atoms with Gasteiger partial charge in [0.25, 0.3) is 0 Å². The number of hydrogen-bond donors (Lipinski definition) is 2. The largest absolute Gasteiger partial charge is 0.338 e. The molecule has 1 unspecified atom stereocenters. The van der Waals surface area contributed by atoms with Gasteiger partial charge in [0.2, 0.25) is 0 Å². The number of amides is 2. The van der Waals surface area contributed by atoms with Crippen molar-refractivity contribution in [2.24, 2.45) is 0 Å². The lowest BCUT2D eigenvalue weighted by molar-refractivity contribution is 0.238. The van der Waals surface area contributed by atoms with E-state index in [4.69, 9.17) is 0 Å². The minimum absolute atomic E-state index is 0.0273. The van der Waals surface area contributed by atoms with Crippen LogP contribution in [0.3, 0.4) is 0 Å². The Kier molecular flexibility index (Phi) is 4.55. The van der Waals surface area contributed by atoms with Crippen molar-refractivity contribution in [3.63, 3.8) is 0 Å². The van der Waals surface area contributed by atoms with E-state index in [9.17, 15) is 4.79 Å². The molecule has 1 rings (SSSR count). The number of carbonyl (C=O) groups excluding carboxylic acids is 1. The van der Waals surface area contributed by atoms with Crippen molar-refractivity contribution in [2.45, 2.75) is 33.2 Å². The zero-order valence-electron chi connectivity index (χ0n) is 9.33. The SMILES string of the molecule is CCCNC(=O)NC(C)c1nc(C)cs1. The summed E-state index contributed by atoms with van der Waals surface area (Å²) in [6.07, 6.45) is 0.943. The summed E-state index contributed by atoms with van der Waals surface area (Å²) < 4.78 is 0. The van der Waals surface area contributed by atoms with Gasteiger partial charge in [-0.1, -0.05) is 6.92 Å². The summed E-state index contributed by atoms with van der Waals surface area (Å²) in [6, 6.07) is -0.155. The van der Waals surface area contributed by atoms with E-state index < -0.39 is 0 Å². The fourth-order valence-electron chi connectivity index (χ4n) is 1.12. The third-order valence-electron chi connectivity index (χ3n) is 1.89. The molecule has 0 radical (unpaired) electrons. The predicted octanol–water partition coefficient (Wildman–Crippen LogP) is 2.22. The molecule has 0 aliphatic rings. The molecule has 0 bridgehead atoms. The van der Waals surface area contributed by atoms with E-state index in [0.717, 1.165) is 17.1 Å². The van der Waals surface area contributed by atoms with Crippen molar-refractivity contribution in [2.75, 3.05) is 6.54 Å². The summed E-state index contributed by atoms with van der Waals surface area (Å²) in [5, 5.41) is 8.54. The van der Waals surface area contributed by atoms with Crippen molar-refractivity contribution in [1.29, 1.82) is 0 Å². The fraction of sp³-hybridized carbons (Fsp3) is 0.600. The highest BCUT2D eigenvalue weighted by atomic mass is 32.1. The molecule has 0 aliphatic heterocycles. The zero-order valence-corrected chi connectivity index (χ0v) is 10.1. The lowest BCUT2D eigenvalue weighted by Gasteiger charge is -2.11. The van der Waals surface area contributed by atoms with Gasteiger partial charge < -0.3 is 10.6 Å². The molecule has 1 atom stereocenters. The Bertz CT molecular complexity index is 324. The van der Waals surface area contributed by atoms with Gasteiger partial charge in [-0.05, 0) is 20.3 Å². The van der Waals surface area contributed by atoms with Crippen LogP contribution in [0.5, 0.6) is 0 Å². The number of carbonyl (C=O) groups is 1. The molecule has 84 valence electrons. The molecule has 0 saturated heterocycles. The Balaban J connectivity index is 2.41. The van der Waals surface area contributed by atoms with Crippen molar-refractivity contribution < 1.29 is 4.79 Å². The number of urea groups is 1. The van der Waals surface area contributed by atoms with Crippen molar-refractivity contribution >= 4 is 17.4 Å². The van der Waals surface area contributed by atoms with Gasteiger partial charge >= 0.3 is 6.03 Å². The molecule has 5 heteroatoms. The molecule has 0 aliphatic carbocycles. The number of aryl methyl sites for hydroxylation is 1. The first-order chi connectivity index (χ1) is 7.13. The molecule has 1 aromatic rings. The Hall–Kier alpha value is -1.10. The average Bonchev–Trinajstić information content (AvgIpc) is 2.61. The van der Waals surface area contributed by atoms with Crippen LogP contribution in [0.15, 0.2) is 5.38 Å². The van der Waals surface area contributed by atoms with Gasteiger partial charge in [-0.15, -0.1) is 11.3 Å². The van der Waals surface area contributed by atoms with Crippen molar-refractivity contribution in [3.8, 4) is 0 Å². The first kappa shape index (κ1) is 12.0. The van der Waals surface area contributed by atoms with Crippen LogP contribution in [-0.4, -0.2) is 17.6 Å². The lowest BCUT2D eigenvalue weighted by atomic mass is 10.3. The molecular formula is C10H17N3OS. The van der Waals surface area contributed by atoms with E-state index in [1.165, 1.54) is 0 Å². The summed E-state index contributed by atoms with van der Waals surface area (Å²) in [6.45, 7) is 6.61. The second-order valence-electron chi connectivity index (χ2n) is 3.45. The van der Waals surface area contributed by atoms with E-state index in [1.54, 1.807) is 11.3 Å². The first-order valence-corrected chi connectivity index (χ1v) is 5.97. The molecule has 0 fully saturated rings. The van der Waals surface area contributed by atoms with E-state index in [2.05, 4.69) is 15.6 Å². The number of nitrogens with zero attached hydrogens (tertiary/aromatic N) is 1. The quantitative estimate of drug-likeness (QED) is 0.828. The second kappa shape index (κ2) is 5.70. The molecule has 1 aromatic heterocycles.